The van der Waals surface area contributed by atoms with Crippen LogP contribution >= 0.6 is 11.8 Å². The zero-order chi connectivity index (χ0) is 20.1. The summed E-state index contributed by atoms with van der Waals surface area (Å²) in [6.07, 6.45) is 0.262. The number of thioether (sulfide) groups is 1. The van der Waals surface area contributed by atoms with Crippen LogP contribution in [0.3, 0.4) is 0 Å². The minimum Gasteiger partial charge on any atom is -0.548 e. The summed E-state index contributed by atoms with van der Waals surface area (Å²) in [5.41, 5.74) is 0. The van der Waals surface area contributed by atoms with Crippen LogP contribution in [0.25, 0.3) is 0 Å². The van der Waals surface area contributed by atoms with Gasteiger partial charge in [0, 0.05) is 24.9 Å². The van der Waals surface area contributed by atoms with Gasteiger partial charge in [0.15, 0.2) is 0 Å². The van der Waals surface area contributed by atoms with E-state index in [0.717, 1.165) is 17.7 Å². The number of carbonyl (C=O) groups excluding carboxylic acids is 4. The van der Waals surface area contributed by atoms with E-state index >= 15 is 0 Å². The molecule has 0 aromatic heterocycles. The summed E-state index contributed by atoms with van der Waals surface area (Å²) in [6.45, 7) is 4.55. The Kier molecular flexibility index (Phi) is 7.13. The largest absolute Gasteiger partial charge is 1.00 e. The number of carboxylic acids is 1. The molecule has 4 atom stereocenters. The molecule has 3 aliphatic rings. The predicted octanol–water partition coefficient (Wildman–Crippen LogP) is -5.14. The number of nitrogens with zero attached hydrogens (tertiary/aromatic N) is 3. The molecular weight excluding hydrogens is 397 g/mol. The molecule has 1 N–H and O–H groups in total. The molecule has 0 saturated carbocycles. The molecule has 3 heterocycles. The number of rotatable bonds is 5. The van der Waals surface area contributed by atoms with Crippen molar-refractivity contribution >= 4 is 35.5 Å². The Morgan fingerprint density at radius 3 is 2.43 bits per heavy atom. The van der Waals surface area contributed by atoms with Crippen molar-refractivity contribution in [1.82, 2.24) is 14.7 Å². The first-order chi connectivity index (χ1) is 12.6. The monoisotopic (exact) mass is 421 g/mol. The molecule has 9 nitrogen and oxygen atoms in total. The SMILES string of the molecule is CN(CC(=O)N1CCCC1)C(=O)[C@@H](O)[C@@H]1C(=O)N2[C@@H]1SC(C)(C)[C@@H]2C(=O)[O-].[Na+]. The van der Waals surface area contributed by atoms with Crippen LogP contribution in [0.15, 0.2) is 0 Å². The molecule has 11 heteroatoms. The third-order valence-electron chi connectivity index (χ3n) is 5.51. The number of aliphatic hydroxyl groups excluding tert-OH is 1. The minimum atomic E-state index is -1.61. The summed E-state index contributed by atoms with van der Waals surface area (Å²) < 4.78 is -0.783. The van der Waals surface area contributed by atoms with Crippen molar-refractivity contribution < 1.29 is 58.9 Å². The molecule has 28 heavy (non-hydrogen) atoms. The Bertz CT molecular complexity index is 684. The number of carbonyl (C=O) groups is 4. The third kappa shape index (κ3) is 3.94. The normalized spacial score (nSPS) is 28.9. The molecule has 3 rings (SSSR count). The standard InChI is InChI=1S/C17H25N3O6S.Na/c1-17(2)12(16(25)26)20-13(23)10(15(20)27-17)11(22)14(24)18(3)8-9(21)19-6-4-5-7-19;/h10-12,15,22H,4-8H2,1-3H3,(H,25,26);/q;+1/p-1/t10-,11+,12+,15-;/m1./s1. The van der Waals surface area contributed by atoms with E-state index in [2.05, 4.69) is 0 Å². The van der Waals surface area contributed by atoms with E-state index in [4.69, 9.17) is 0 Å². The first-order valence-electron chi connectivity index (χ1n) is 8.98. The van der Waals surface area contributed by atoms with Gasteiger partial charge in [-0.1, -0.05) is 0 Å². The quantitative estimate of drug-likeness (QED) is 0.348. The van der Waals surface area contributed by atoms with Crippen LogP contribution in [0.5, 0.6) is 0 Å². The predicted molar refractivity (Wildman–Crippen MR) is 94.0 cm³/mol. The van der Waals surface area contributed by atoms with Crippen LogP contribution in [-0.2, 0) is 19.2 Å². The second-order valence-electron chi connectivity index (χ2n) is 7.83. The maximum atomic E-state index is 12.5. The molecule has 150 valence electrons. The van der Waals surface area contributed by atoms with Crippen LogP contribution < -0.4 is 34.7 Å². The molecular formula is C17H24N3NaO6S. The third-order valence-corrected chi connectivity index (χ3v) is 7.10. The molecule has 0 aromatic carbocycles. The van der Waals surface area contributed by atoms with Gasteiger partial charge in [0.25, 0.3) is 5.91 Å². The molecule has 3 fully saturated rings. The van der Waals surface area contributed by atoms with Gasteiger partial charge in [0.1, 0.15) is 12.0 Å². The van der Waals surface area contributed by atoms with Crippen molar-refractivity contribution in [2.24, 2.45) is 5.92 Å². The van der Waals surface area contributed by atoms with Gasteiger partial charge in [-0.25, -0.2) is 0 Å². The van der Waals surface area contributed by atoms with Gasteiger partial charge in [-0.15, -0.1) is 11.8 Å². The fraction of sp³-hybridized carbons (Fsp3) is 0.765. The topological polar surface area (TPSA) is 121 Å². The van der Waals surface area contributed by atoms with Crippen molar-refractivity contribution in [2.75, 3.05) is 26.7 Å². The fourth-order valence-corrected chi connectivity index (χ4v) is 5.75. The first-order valence-corrected chi connectivity index (χ1v) is 9.86. The van der Waals surface area contributed by atoms with Crippen molar-refractivity contribution in [3.63, 3.8) is 0 Å². The molecule has 3 aliphatic heterocycles. The summed E-state index contributed by atoms with van der Waals surface area (Å²) >= 11 is 1.24. The van der Waals surface area contributed by atoms with Crippen LogP contribution in [-0.4, -0.2) is 92.4 Å². The number of hydrogen-bond donors (Lipinski definition) is 1. The summed E-state index contributed by atoms with van der Waals surface area (Å²) in [6, 6.07) is -1.10. The number of aliphatic hydroxyl groups is 1. The van der Waals surface area contributed by atoms with Gasteiger partial charge in [-0.05, 0) is 26.7 Å². The second-order valence-corrected chi connectivity index (χ2v) is 9.60. The Morgan fingerprint density at radius 1 is 1.32 bits per heavy atom. The minimum absolute atomic E-state index is 0. The number of aliphatic carboxylic acids is 1. The molecule has 3 saturated heterocycles. The van der Waals surface area contributed by atoms with Gasteiger partial charge in [0.2, 0.25) is 11.8 Å². The van der Waals surface area contributed by atoms with Crippen LogP contribution in [0.2, 0.25) is 0 Å². The average molecular weight is 421 g/mol. The average Bonchev–Trinajstić information content (AvgIpc) is 3.18. The summed E-state index contributed by atoms with van der Waals surface area (Å²) in [7, 11) is 1.41. The van der Waals surface area contributed by atoms with E-state index in [0.29, 0.717) is 13.1 Å². The van der Waals surface area contributed by atoms with E-state index in [1.165, 1.54) is 23.7 Å². The van der Waals surface area contributed by atoms with E-state index < -0.39 is 46.0 Å². The number of likely N-dealkylation sites (N-methyl/N-ethyl adjacent to an activating group) is 1. The van der Waals surface area contributed by atoms with Crippen molar-refractivity contribution in [2.45, 2.75) is 49.0 Å². The van der Waals surface area contributed by atoms with Gasteiger partial charge >= 0.3 is 29.6 Å². The van der Waals surface area contributed by atoms with Gasteiger partial charge in [0.05, 0.1) is 23.9 Å². The summed E-state index contributed by atoms with van der Waals surface area (Å²) in [5.74, 6) is -3.85. The Hall–Kier alpha value is -0.810. The number of carboxylic acid groups (broad SMARTS) is 1. The first kappa shape index (κ1) is 23.5. The fourth-order valence-electron chi connectivity index (χ4n) is 4.04. The van der Waals surface area contributed by atoms with Gasteiger partial charge in [-0.3, -0.25) is 14.4 Å². The zero-order valence-corrected chi connectivity index (χ0v) is 19.4. The van der Waals surface area contributed by atoms with Crippen molar-refractivity contribution in [3.8, 4) is 0 Å². The Labute approximate surface area is 190 Å². The van der Waals surface area contributed by atoms with E-state index in [1.807, 2.05) is 0 Å². The number of hydrogen-bond acceptors (Lipinski definition) is 7. The molecule has 3 amide bonds. The summed E-state index contributed by atoms with van der Waals surface area (Å²) in [4.78, 5) is 52.6. The van der Waals surface area contributed by atoms with Crippen molar-refractivity contribution in [3.05, 3.63) is 0 Å². The number of β-lactam (4-membered cyclic amide) rings is 1. The molecule has 0 bridgehead atoms. The smallest absolute Gasteiger partial charge is 0.548 e. The molecule has 0 aromatic rings. The summed E-state index contributed by atoms with van der Waals surface area (Å²) in [5, 5.41) is 21.3. The second kappa shape index (κ2) is 8.51. The number of amides is 3. The van der Waals surface area contributed by atoms with Crippen LogP contribution in [0.1, 0.15) is 26.7 Å². The maximum absolute atomic E-state index is 12.5. The van der Waals surface area contributed by atoms with E-state index in [1.54, 1.807) is 18.7 Å². The zero-order valence-electron chi connectivity index (χ0n) is 16.6. The molecule has 0 aliphatic carbocycles. The van der Waals surface area contributed by atoms with Crippen LogP contribution in [0, 0.1) is 5.92 Å². The van der Waals surface area contributed by atoms with Crippen molar-refractivity contribution in [1.29, 1.82) is 0 Å². The Morgan fingerprint density at radius 2 is 1.89 bits per heavy atom. The maximum Gasteiger partial charge on any atom is 1.00 e. The van der Waals surface area contributed by atoms with Crippen LogP contribution in [0.4, 0.5) is 0 Å². The number of likely N-dealkylation sites (tertiary alicyclic amines) is 1. The van der Waals surface area contributed by atoms with E-state index in [-0.39, 0.29) is 42.0 Å². The van der Waals surface area contributed by atoms with Gasteiger partial charge < -0.3 is 29.7 Å². The molecule has 0 unspecified atom stereocenters. The molecule has 0 spiro atoms. The van der Waals surface area contributed by atoms with E-state index in [9.17, 15) is 29.4 Å². The Balaban J connectivity index is 0.00000280. The molecule has 0 radical (unpaired) electrons. The number of fused-ring (bicyclic) bond motifs is 1. The van der Waals surface area contributed by atoms with Gasteiger partial charge in [-0.2, -0.15) is 0 Å².